The Balaban J connectivity index is 1.95. The van der Waals surface area contributed by atoms with Gasteiger partial charge >= 0.3 is 11.2 Å². The Hall–Kier alpha value is -3.00. The Bertz CT molecular complexity index is 1200. The monoisotopic (exact) mass is 383 g/mol. The van der Waals surface area contributed by atoms with Crippen LogP contribution in [0.2, 0.25) is 0 Å². The predicted molar refractivity (Wildman–Crippen MR) is 95.6 cm³/mol. The minimum atomic E-state index is -0.611. The quantitative estimate of drug-likeness (QED) is 0.519. The highest BCUT2D eigenvalue weighted by atomic mass is 79.9. The van der Waals surface area contributed by atoms with Crippen LogP contribution in [-0.2, 0) is 0 Å². The molecule has 8 heteroatoms. The van der Waals surface area contributed by atoms with Crippen molar-refractivity contribution in [3.8, 4) is 0 Å². The maximum atomic E-state index is 12.6. The number of halogens is 1. The summed E-state index contributed by atoms with van der Waals surface area (Å²) in [6.07, 6.45) is 2.97. The topological polar surface area (TPSA) is 95.9 Å². The van der Waals surface area contributed by atoms with Gasteiger partial charge in [0.05, 0.1) is 17.4 Å². The Kier molecular flexibility index (Phi) is 3.39. The number of hydrogen-bond acceptors (Lipinski definition) is 4. The lowest BCUT2D eigenvalue weighted by Crippen LogP contribution is -2.32. The molecular weight excluding hydrogens is 374 g/mol. The van der Waals surface area contributed by atoms with Gasteiger partial charge in [-0.1, -0.05) is 22.0 Å². The van der Waals surface area contributed by atoms with Crippen molar-refractivity contribution in [2.45, 2.75) is 0 Å². The molecule has 3 aromatic heterocycles. The third-order valence-electron chi connectivity index (χ3n) is 3.58. The summed E-state index contributed by atoms with van der Waals surface area (Å²) in [7, 11) is 0. The molecule has 118 valence electrons. The van der Waals surface area contributed by atoms with Crippen LogP contribution in [0.15, 0.2) is 61.8 Å². The molecule has 2 N–H and O–H groups in total. The van der Waals surface area contributed by atoms with Crippen LogP contribution in [0.3, 0.4) is 0 Å². The van der Waals surface area contributed by atoms with E-state index in [9.17, 15) is 9.59 Å². The van der Waals surface area contributed by atoms with E-state index in [4.69, 9.17) is 0 Å². The molecule has 7 nitrogen and oxygen atoms in total. The lowest BCUT2D eigenvalue weighted by Gasteiger charge is -1.97. The second kappa shape index (κ2) is 5.57. The largest absolute Gasteiger partial charge is 0.350 e. The molecule has 4 rings (SSSR count). The van der Waals surface area contributed by atoms with Crippen LogP contribution in [0.4, 0.5) is 0 Å². The van der Waals surface area contributed by atoms with Gasteiger partial charge in [-0.3, -0.25) is 9.78 Å². The molecule has 0 radical (unpaired) electrons. The van der Waals surface area contributed by atoms with E-state index in [1.54, 1.807) is 24.4 Å². The van der Waals surface area contributed by atoms with Gasteiger partial charge in [0.25, 0.3) is 0 Å². The van der Waals surface area contributed by atoms with E-state index in [1.165, 1.54) is 6.21 Å². The normalized spacial score (nSPS) is 11.7. The lowest BCUT2D eigenvalue weighted by molar-refractivity contribution is 0.769. The standard InChI is InChI=1S/C16H10BrN5O2/c17-9-4-5-12-11(7-9)13-14(20-12)15(23)22(16(24)21-13)19-8-10-3-1-2-6-18-10/h1-8,20H,(H,21,24)/b19-8+. The van der Waals surface area contributed by atoms with Gasteiger partial charge in [0, 0.05) is 21.6 Å². The number of aromatic amines is 2. The van der Waals surface area contributed by atoms with Gasteiger partial charge in [-0.15, -0.1) is 4.68 Å². The molecule has 4 aromatic rings. The fraction of sp³-hybridized carbons (Fsp3) is 0. The third kappa shape index (κ3) is 2.37. The van der Waals surface area contributed by atoms with Crippen LogP contribution in [0.1, 0.15) is 5.69 Å². The van der Waals surface area contributed by atoms with Crippen LogP contribution in [-0.4, -0.2) is 25.8 Å². The molecule has 0 fully saturated rings. The predicted octanol–water partition coefficient (Wildman–Crippen LogP) is 2.21. The van der Waals surface area contributed by atoms with Gasteiger partial charge in [0.2, 0.25) is 0 Å². The zero-order chi connectivity index (χ0) is 16.7. The molecular formula is C16H10BrN5O2. The van der Waals surface area contributed by atoms with Crippen LogP contribution in [0.5, 0.6) is 0 Å². The lowest BCUT2D eigenvalue weighted by atomic mass is 10.2. The average Bonchev–Trinajstić information content (AvgIpc) is 2.94. The van der Waals surface area contributed by atoms with E-state index in [-0.39, 0.29) is 0 Å². The third-order valence-corrected chi connectivity index (χ3v) is 4.08. The van der Waals surface area contributed by atoms with Crippen molar-refractivity contribution in [1.82, 2.24) is 19.6 Å². The van der Waals surface area contributed by atoms with E-state index in [1.807, 2.05) is 18.2 Å². The van der Waals surface area contributed by atoms with Crippen molar-refractivity contribution in [3.63, 3.8) is 0 Å². The first-order valence-electron chi connectivity index (χ1n) is 7.05. The molecule has 1 aromatic carbocycles. The van der Waals surface area contributed by atoms with Crippen LogP contribution >= 0.6 is 15.9 Å². The van der Waals surface area contributed by atoms with Gasteiger partial charge in [0.1, 0.15) is 5.52 Å². The molecule has 0 unspecified atom stereocenters. The van der Waals surface area contributed by atoms with Crippen LogP contribution < -0.4 is 11.2 Å². The summed E-state index contributed by atoms with van der Waals surface area (Å²) >= 11 is 3.39. The Morgan fingerprint density at radius 2 is 2.00 bits per heavy atom. The molecule has 0 spiro atoms. The maximum Gasteiger partial charge on any atom is 0.350 e. The molecule has 0 saturated heterocycles. The molecule has 0 atom stereocenters. The van der Waals surface area contributed by atoms with Gasteiger partial charge < -0.3 is 9.97 Å². The summed E-state index contributed by atoms with van der Waals surface area (Å²) in [4.78, 5) is 34.6. The maximum absolute atomic E-state index is 12.6. The second-order valence-corrected chi connectivity index (χ2v) is 6.03. The van der Waals surface area contributed by atoms with Crippen molar-refractivity contribution in [1.29, 1.82) is 0 Å². The highest BCUT2D eigenvalue weighted by Gasteiger charge is 2.12. The van der Waals surface area contributed by atoms with Crippen LogP contribution in [0, 0.1) is 0 Å². The molecule has 0 amide bonds. The van der Waals surface area contributed by atoms with Crippen molar-refractivity contribution in [2.24, 2.45) is 5.10 Å². The minimum absolute atomic E-state index is 0.292. The van der Waals surface area contributed by atoms with E-state index >= 15 is 0 Å². The summed E-state index contributed by atoms with van der Waals surface area (Å²) in [5.41, 5.74) is 0.928. The SMILES string of the molecule is O=c1[nH]c2c([nH]c3ccc(Br)cc32)c(=O)n1/N=C/c1ccccn1. The van der Waals surface area contributed by atoms with E-state index < -0.39 is 11.2 Å². The fourth-order valence-corrected chi connectivity index (χ4v) is 2.85. The number of nitrogens with zero attached hydrogens (tertiary/aromatic N) is 3. The number of rotatable bonds is 2. The number of nitrogens with one attached hydrogen (secondary N) is 2. The first kappa shape index (κ1) is 14.6. The molecule has 3 heterocycles. The molecule has 0 saturated carbocycles. The zero-order valence-electron chi connectivity index (χ0n) is 12.2. The summed E-state index contributed by atoms with van der Waals surface area (Å²) in [6.45, 7) is 0. The summed E-state index contributed by atoms with van der Waals surface area (Å²) in [5, 5.41) is 4.72. The first-order valence-corrected chi connectivity index (χ1v) is 7.84. The first-order chi connectivity index (χ1) is 11.6. The number of H-pyrrole nitrogens is 2. The highest BCUT2D eigenvalue weighted by molar-refractivity contribution is 9.10. The molecule has 0 aliphatic carbocycles. The number of fused-ring (bicyclic) bond motifs is 3. The Labute approximate surface area is 142 Å². The Morgan fingerprint density at radius 3 is 2.79 bits per heavy atom. The fourth-order valence-electron chi connectivity index (χ4n) is 2.49. The highest BCUT2D eigenvalue weighted by Crippen LogP contribution is 2.24. The van der Waals surface area contributed by atoms with Gasteiger partial charge in [-0.2, -0.15) is 5.10 Å². The molecule has 0 bridgehead atoms. The minimum Gasteiger partial charge on any atom is -0.349 e. The van der Waals surface area contributed by atoms with Gasteiger partial charge in [0.15, 0.2) is 0 Å². The Morgan fingerprint density at radius 1 is 1.12 bits per heavy atom. The molecule has 0 aliphatic heterocycles. The second-order valence-electron chi connectivity index (χ2n) is 5.11. The van der Waals surface area contributed by atoms with Crippen LogP contribution in [0.25, 0.3) is 21.9 Å². The molecule has 0 aliphatic rings. The van der Waals surface area contributed by atoms with E-state index in [0.717, 1.165) is 20.1 Å². The number of hydrogen-bond donors (Lipinski definition) is 2. The smallest absolute Gasteiger partial charge is 0.349 e. The van der Waals surface area contributed by atoms with E-state index in [0.29, 0.717) is 16.7 Å². The number of pyridine rings is 1. The van der Waals surface area contributed by atoms with Crippen molar-refractivity contribution < 1.29 is 0 Å². The summed E-state index contributed by atoms with van der Waals surface area (Å²) in [5.74, 6) is 0. The van der Waals surface area contributed by atoms with E-state index in [2.05, 4.69) is 36.0 Å². The number of aromatic nitrogens is 4. The van der Waals surface area contributed by atoms with Gasteiger partial charge in [-0.05, 0) is 30.3 Å². The molecule has 24 heavy (non-hydrogen) atoms. The summed E-state index contributed by atoms with van der Waals surface area (Å²) in [6, 6.07) is 10.8. The average molecular weight is 384 g/mol. The summed E-state index contributed by atoms with van der Waals surface area (Å²) < 4.78 is 1.63. The van der Waals surface area contributed by atoms with Gasteiger partial charge in [-0.25, -0.2) is 4.79 Å². The van der Waals surface area contributed by atoms with Crippen molar-refractivity contribution in [2.75, 3.05) is 0 Å². The van der Waals surface area contributed by atoms with Crippen molar-refractivity contribution in [3.05, 3.63) is 73.6 Å². The zero-order valence-corrected chi connectivity index (χ0v) is 13.7. The number of benzene rings is 1. The van der Waals surface area contributed by atoms with Crippen molar-refractivity contribution >= 4 is 44.1 Å².